The predicted molar refractivity (Wildman–Crippen MR) is 120 cm³/mol. The molecule has 0 saturated carbocycles. The van der Waals surface area contributed by atoms with Crippen molar-refractivity contribution in [2.24, 2.45) is 4.99 Å². The molecule has 0 amide bonds. The first-order valence-electron chi connectivity index (χ1n) is 8.82. The number of halogens is 1. The molecule has 0 fully saturated rings. The zero-order valence-electron chi connectivity index (χ0n) is 15.0. The first-order chi connectivity index (χ1) is 12.3. The Bertz CT molecular complexity index is 892. The molecule has 0 unspecified atom stereocenters. The Hall–Kier alpha value is -2.08. The quantitative estimate of drug-likeness (QED) is 0.527. The highest BCUT2D eigenvalue weighted by molar-refractivity contribution is 14.0. The highest BCUT2D eigenvalue weighted by Crippen LogP contribution is 2.18. The Labute approximate surface area is 172 Å². The van der Waals surface area contributed by atoms with Crippen molar-refractivity contribution in [3.8, 4) is 0 Å². The van der Waals surface area contributed by atoms with Gasteiger partial charge in [-0.25, -0.2) is 0 Å². The van der Waals surface area contributed by atoms with E-state index in [1.165, 1.54) is 21.9 Å². The number of hydrogen-bond acceptors (Lipinski definition) is 3. The van der Waals surface area contributed by atoms with Crippen LogP contribution in [0.5, 0.6) is 0 Å². The molecule has 1 aliphatic heterocycles. The van der Waals surface area contributed by atoms with Gasteiger partial charge in [-0.05, 0) is 28.0 Å². The molecule has 1 aliphatic rings. The van der Waals surface area contributed by atoms with Crippen LogP contribution in [0.4, 0.5) is 0 Å². The van der Waals surface area contributed by atoms with Gasteiger partial charge in [0.05, 0.1) is 6.54 Å². The average molecular weight is 457 g/mol. The Morgan fingerprint density at radius 2 is 1.62 bits per heavy atom. The number of hydrogen-bond donors (Lipinski definition) is 0. The molecule has 0 atom stereocenters. The van der Waals surface area contributed by atoms with Crippen molar-refractivity contribution in [3.05, 3.63) is 83.9 Å². The van der Waals surface area contributed by atoms with Gasteiger partial charge in [0.2, 0.25) is 0 Å². The molecule has 0 N–H and O–H groups in total. The molecule has 0 saturated heterocycles. The first kappa shape index (κ1) is 18.7. The first-order valence-corrected chi connectivity index (χ1v) is 8.82. The number of nitrogens with zero attached hydrogens (tertiary/aromatic N) is 3. The van der Waals surface area contributed by atoms with Crippen molar-refractivity contribution in [2.45, 2.75) is 13.1 Å². The van der Waals surface area contributed by atoms with Gasteiger partial charge in [0.1, 0.15) is 0 Å². The smallest absolute Gasteiger partial charge is 0.197 e. The molecule has 26 heavy (non-hydrogen) atoms. The lowest BCUT2D eigenvalue weighted by Crippen LogP contribution is -2.38. The van der Waals surface area contributed by atoms with E-state index in [0.29, 0.717) is 0 Å². The van der Waals surface area contributed by atoms with Crippen LogP contribution < -0.4 is 0 Å². The van der Waals surface area contributed by atoms with Crippen LogP contribution >= 0.6 is 24.0 Å². The van der Waals surface area contributed by atoms with Crippen LogP contribution in [0.15, 0.2) is 77.8 Å². The summed E-state index contributed by atoms with van der Waals surface area (Å²) in [6.07, 6.45) is 0. The molecule has 4 heteroatoms. The highest BCUT2D eigenvalue weighted by atomic mass is 127. The van der Waals surface area contributed by atoms with Gasteiger partial charge >= 0.3 is 0 Å². The molecule has 4 rings (SSSR count). The van der Waals surface area contributed by atoms with Crippen LogP contribution in [-0.4, -0.2) is 35.9 Å². The molecular formula is C22H24IN3. The second-order valence-electron chi connectivity index (χ2n) is 6.63. The van der Waals surface area contributed by atoms with Gasteiger partial charge in [-0.1, -0.05) is 66.7 Å². The zero-order chi connectivity index (χ0) is 17.1. The third-order valence-corrected chi connectivity index (χ3v) is 4.70. The number of guanidine groups is 1. The van der Waals surface area contributed by atoms with Crippen molar-refractivity contribution in [1.29, 1.82) is 0 Å². The van der Waals surface area contributed by atoms with Crippen LogP contribution in [0.3, 0.4) is 0 Å². The standard InChI is InChI=1S/C22H23N3.HI/c1-24(16-19-11-12-20-9-5-6-10-21(20)15-19)22-23-13-14-25(22)17-18-7-3-2-4-8-18;/h2-12,15H,13-14,16-17H2,1H3;1H. The van der Waals surface area contributed by atoms with Crippen molar-refractivity contribution in [2.75, 3.05) is 20.1 Å². The molecule has 3 aromatic rings. The number of benzene rings is 3. The van der Waals surface area contributed by atoms with E-state index in [-0.39, 0.29) is 24.0 Å². The topological polar surface area (TPSA) is 18.8 Å². The Balaban J connectivity index is 0.00000196. The molecule has 3 nitrogen and oxygen atoms in total. The second kappa shape index (κ2) is 8.54. The Morgan fingerprint density at radius 1 is 0.885 bits per heavy atom. The monoisotopic (exact) mass is 457 g/mol. The summed E-state index contributed by atoms with van der Waals surface area (Å²) < 4.78 is 0. The van der Waals surface area contributed by atoms with E-state index in [0.717, 1.165) is 32.1 Å². The minimum absolute atomic E-state index is 0. The fourth-order valence-electron chi connectivity index (χ4n) is 3.47. The molecule has 0 spiro atoms. The summed E-state index contributed by atoms with van der Waals surface area (Å²) >= 11 is 0. The van der Waals surface area contributed by atoms with Gasteiger partial charge in [0.25, 0.3) is 0 Å². The lowest BCUT2D eigenvalue weighted by Gasteiger charge is -2.28. The summed E-state index contributed by atoms with van der Waals surface area (Å²) in [6, 6.07) is 25.8. The SMILES string of the molecule is CN(Cc1ccc2ccccc2c1)C1=NCCN1Cc1ccccc1.I. The third kappa shape index (κ3) is 4.18. The van der Waals surface area contributed by atoms with Crippen LogP contribution in [0.25, 0.3) is 10.8 Å². The molecule has 3 aromatic carbocycles. The van der Waals surface area contributed by atoms with Crippen molar-refractivity contribution >= 4 is 40.7 Å². The zero-order valence-corrected chi connectivity index (χ0v) is 17.3. The predicted octanol–water partition coefficient (Wildman–Crippen LogP) is 4.76. The minimum atomic E-state index is 0. The molecule has 134 valence electrons. The Morgan fingerprint density at radius 3 is 2.42 bits per heavy atom. The molecule has 0 aliphatic carbocycles. The summed E-state index contributed by atoms with van der Waals surface area (Å²) in [5, 5.41) is 2.58. The van der Waals surface area contributed by atoms with Crippen LogP contribution in [0.1, 0.15) is 11.1 Å². The molecule has 1 heterocycles. The van der Waals surface area contributed by atoms with E-state index < -0.39 is 0 Å². The van der Waals surface area contributed by atoms with Gasteiger partial charge < -0.3 is 9.80 Å². The maximum Gasteiger partial charge on any atom is 0.197 e. The van der Waals surface area contributed by atoms with Crippen molar-refractivity contribution in [3.63, 3.8) is 0 Å². The summed E-state index contributed by atoms with van der Waals surface area (Å²) in [7, 11) is 2.14. The van der Waals surface area contributed by atoms with Crippen LogP contribution in [-0.2, 0) is 13.1 Å². The minimum Gasteiger partial charge on any atom is -0.342 e. The number of fused-ring (bicyclic) bond motifs is 1. The lowest BCUT2D eigenvalue weighted by molar-refractivity contribution is 0.367. The fraction of sp³-hybridized carbons (Fsp3) is 0.227. The lowest BCUT2D eigenvalue weighted by atomic mass is 10.1. The molecular weight excluding hydrogens is 433 g/mol. The highest BCUT2D eigenvalue weighted by Gasteiger charge is 2.20. The second-order valence-corrected chi connectivity index (χ2v) is 6.63. The summed E-state index contributed by atoms with van der Waals surface area (Å²) in [5.41, 5.74) is 2.65. The van der Waals surface area contributed by atoms with Gasteiger partial charge in [-0.15, -0.1) is 24.0 Å². The maximum absolute atomic E-state index is 4.74. The van der Waals surface area contributed by atoms with E-state index in [9.17, 15) is 0 Å². The maximum atomic E-state index is 4.74. The number of aliphatic imine (C=N–C) groups is 1. The number of rotatable bonds is 4. The van der Waals surface area contributed by atoms with E-state index >= 15 is 0 Å². The third-order valence-electron chi connectivity index (χ3n) is 4.70. The molecule has 0 radical (unpaired) electrons. The largest absolute Gasteiger partial charge is 0.342 e. The van der Waals surface area contributed by atoms with Gasteiger partial charge in [0.15, 0.2) is 5.96 Å². The summed E-state index contributed by atoms with van der Waals surface area (Å²) in [6.45, 7) is 3.66. The van der Waals surface area contributed by atoms with Gasteiger partial charge in [-0.2, -0.15) is 0 Å². The van der Waals surface area contributed by atoms with E-state index in [2.05, 4.69) is 89.6 Å². The van der Waals surface area contributed by atoms with E-state index in [1.54, 1.807) is 0 Å². The van der Waals surface area contributed by atoms with Crippen LogP contribution in [0.2, 0.25) is 0 Å². The normalized spacial score (nSPS) is 13.4. The van der Waals surface area contributed by atoms with Crippen molar-refractivity contribution in [1.82, 2.24) is 9.80 Å². The molecule has 0 aromatic heterocycles. The van der Waals surface area contributed by atoms with Crippen LogP contribution in [0, 0.1) is 0 Å². The van der Waals surface area contributed by atoms with Crippen molar-refractivity contribution < 1.29 is 0 Å². The Kier molecular flexibility index (Phi) is 6.14. The summed E-state index contributed by atoms with van der Waals surface area (Å²) in [4.78, 5) is 9.38. The van der Waals surface area contributed by atoms with E-state index in [1.807, 2.05) is 0 Å². The van der Waals surface area contributed by atoms with Gasteiger partial charge in [0, 0.05) is 26.7 Å². The molecule has 0 bridgehead atoms. The summed E-state index contributed by atoms with van der Waals surface area (Å²) in [5.74, 6) is 1.09. The fourth-order valence-corrected chi connectivity index (χ4v) is 3.47. The average Bonchev–Trinajstić information content (AvgIpc) is 3.11. The van der Waals surface area contributed by atoms with E-state index in [4.69, 9.17) is 4.99 Å². The van der Waals surface area contributed by atoms with Gasteiger partial charge in [-0.3, -0.25) is 4.99 Å².